The maximum Gasteiger partial charge on any atom is 0.251 e. The zero-order chi connectivity index (χ0) is 15.4. The Labute approximate surface area is 136 Å². The molecule has 0 unspecified atom stereocenters. The van der Waals surface area contributed by atoms with E-state index in [0.29, 0.717) is 12.1 Å². The molecule has 0 atom stereocenters. The maximum atomic E-state index is 12.0. The van der Waals surface area contributed by atoms with Crippen molar-refractivity contribution in [1.29, 1.82) is 0 Å². The summed E-state index contributed by atoms with van der Waals surface area (Å²) in [7, 11) is 0. The first kappa shape index (κ1) is 14.5. The molecular formula is C17H13BrN2O2. The summed E-state index contributed by atoms with van der Waals surface area (Å²) in [6.45, 7) is 0.431. The molecule has 3 rings (SSSR count). The average Bonchev–Trinajstić information content (AvgIpc) is 3.08. The highest BCUT2D eigenvalue weighted by atomic mass is 79.9. The number of pyridine rings is 1. The number of nitrogens with zero attached hydrogens (tertiary/aromatic N) is 1. The van der Waals surface area contributed by atoms with Gasteiger partial charge in [0.1, 0.15) is 5.69 Å². The first-order chi connectivity index (χ1) is 10.7. The minimum absolute atomic E-state index is 0.109. The van der Waals surface area contributed by atoms with Gasteiger partial charge in [-0.3, -0.25) is 9.78 Å². The number of hydrogen-bond acceptors (Lipinski definition) is 3. The molecule has 3 aromatic rings. The SMILES string of the molecule is O=C(NCc1ccc(-c2ccco2)nc1)c1ccc(Br)cc1. The fraction of sp³-hybridized carbons (Fsp3) is 0.0588. The van der Waals surface area contributed by atoms with Gasteiger partial charge in [0, 0.05) is 22.8 Å². The van der Waals surface area contributed by atoms with Gasteiger partial charge >= 0.3 is 0 Å². The van der Waals surface area contributed by atoms with Gasteiger partial charge in [0.25, 0.3) is 5.91 Å². The number of rotatable bonds is 4. The number of nitrogens with one attached hydrogen (secondary N) is 1. The van der Waals surface area contributed by atoms with E-state index < -0.39 is 0 Å². The third kappa shape index (κ3) is 3.43. The minimum atomic E-state index is -0.109. The van der Waals surface area contributed by atoms with Crippen LogP contribution in [0, 0.1) is 0 Å². The minimum Gasteiger partial charge on any atom is -0.463 e. The van der Waals surface area contributed by atoms with E-state index >= 15 is 0 Å². The van der Waals surface area contributed by atoms with Gasteiger partial charge in [0.05, 0.1) is 6.26 Å². The Morgan fingerprint density at radius 2 is 1.95 bits per heavy atom. The Bertz CT molecular complexity index is 750. The molecule has 0 aliphatic carbocycles. The summed E-state index contributed by atoms with van der Waals surface area (Å²) in [5.74, 6) is 0.619. The highest BCUT2D eigenvalue weighted by Crippen LogP contribution is 2.17. The summed E-state index contributed by atoms with van der Waals surface area (Å²) in [6.07, 6.45) is 3.35. The summed E-state index contributed by atoms with van der Waals surface area (Å²) in [5, 5.41) is 2.87. The van der Waals surface area contributed by atoms with Crippen molar-refractivity contribution in [3.8, 4) is 11.5 Å². The highest BCUT2D eigenvalue weighted by Gasteiger charge is 2.06. The van der Waals surface area contributed by atoms with Crippen molar-refractivity contribution in [2.45, 2.75) is 6.54 Å². The van der Waals surface area contributed by atoms with E-state index in [9.17, 15) is 4.79 Å². The van der Waals surface area contributed by atoms with Gasteiger partial charge in [0.2, 0.25) is 0 Å². The van der Waals surface area contributed by atoms with Crippen molar-refractivity contribution in [3.05, 3.63) is 76.6 Å². The van der Waals surface area contributed by atoms with Crippen molar-refractivity contribution in [2.75, 3.05) is 0 Å². The summed E-state index contributed by atoms with van der Waals surface area (Å²) in [4.78, 5) is 16.4. The molecule has 0 aliphatic heterocycles. The van der Waals surface area contributed by atoms with E-state index in [4.69, 9.17) is 4.42 Å². The van der Waals surface area contributed by atoms with Crippen LogP contribution in [0.2, 0.25) is 0 Å². The second-order valence-electron chi connectivity index (χ2n) is 4.72. The molecule has 2 aromatic heterocycles. The van der Waals surface area contributed by atoms with Crippen LogP contribution in [0.5, 0.6) is 0 Å². The average molecular weight is 357 g/mol. The zero-order valence-electron chi connectivity index (χ0n) is 11.6. The molecule has 1 aromatic carbocycles. The van der Waals surface area contributed by atoms with Crippen LogP contribution in [0.4, 0.5) is 0 Å². The molecule has 4 nitrogen and oxygen atoms in total. The molecule has 0 spiro atoms. The van der Waals surface area contributed by atoms with Crippen LogP contribution in [0.25, 0.3) is 11.5 Å². The fourth-order valence-corrected chi connectivity index (χ4v) is 2.25. The summed E-state index contributed by atoms with van der Waals surface area (Å²) >= 11 is 3.35. The standard InChI is InChI=1S/C17H13BrN2O2/c18-14-6-4-13(5-7-14)17(21)20-11-12-3-8-15(19-10-12)16-2-1-9-22-16/h1-10H,11H2,(H,20,21). The third-order valence-electron chi connectivity index (χ3n) is 3.16. The number of hydrogen-bond donors (Lipinski definition) is 1. The molecule has 0 saturated heterocycles. The van der Waals surface area contributed by atoms with Gasteiger partial charge in [-0.05, 0) is 48.0 Å². The molecule has 2 heterocycles. The number of carbonyl (C=O) groups is 1. The third-order valence-corrected chi connectivity index (χ3v) is 3.69. The van der Waals surface area contributed by atoms with Crippen LogP contribution < -0.4 is 5.32 Å². The van der Waals surface area contributed by atoms with Gasteiger partial charge < -0.3 is 9.73 Å². The van der Waals surface area contributed by atoms with Crippen molar-refractivity contribution in [3.63, 3.8) is 0 Å². The molecule has 0 radical (unpaired) electrons. The second-order valence-corrected chi connectivity index (χ2v) is 5.63. The van der Waals surface area contributed by atoms with Crippen molar-refractivity contribution >= 4 is 21.8 Å². The Hall–Kier alpha value is -2.40. The number of aromatic nitrogens is 1. The number of amides is 1. The van der Waals surface area contributed by atoms with E-state index in [1.54, 1.807) is 24.6 Å². The lowest BCUT2D eigenvalue weighted by atomic mass is 10.2. The van der Waals surface area contributed by atoms with E-state index in [-0.39, 0.29) is 5.91 Å². The van der Waals surface area contributed by atoms with Crippen LogP contribution in [-0.2, 0) is 6.54 Å². The molecule has 5 heteroatoms. The quantitative estimate of drug-likeness (QED) is 0.767. The monoisotopic (exact) mass is 356 g/mol. The Morgan fingerprint density at radius 1 is 1.14 bits per heavy atom. The molecule has 0 aliphatic rings. The Balaban J connectivity index is 1.61. The smallest absolute Gasteiger partial charge is 0.251 e. The van der Waals surface area contributed by atoms with Crippen LogP contribution in [0.3, 0.4) is 0 Å². The summed E-state index contributed by atoms with van der Waals surface area (Å²) in [5.41, 5.74) is 2.33. The topological polar surface area (TPSA) is 55.1 Å². The lowest BCUT2D eigenvalue weighted by Crippen LogP contribution is -2.22. The first-order valence-corrected chi connectivity index (χ1v) is 7.54. The first-order valence-electron chi connectivity index (χ1n) is 6.75. The van der Waals surface area contributed by atoms with Crippen LogP contribution in [0.15, 0.2) is 69.9 Å². The van der Waals surface area contributed by atoms with Crippen molar-refractivity contribution in [1.82, 2.24) is 10.3 Å². The molecule has 22 heavy (non-hydrogen) atoms. The van der Waals surface area contributed by atoms with E-state index in [1.165, 1.54) is 0 Å². The Morgan fingerprint density at radius 3 is 2.59 bits per heavy atom. The second kappa shape index (κ2) is 6.58. The van der Waals surface area contributed by atoms with E-state index in [0.717, 1.165) is 21.5 Å². The van der Waals surface area contributed by atoms with Gasteiger partial charge in [0.15, 0.2) is 5.76 Å². The maximum absolute atomic E-state index is 12.0. The summed E-state index contributed by atoms with van der Waals surface area (Å²) < 4.78 is 6.24. The van der Waals surface area contributed by atoms with Crippen molar-refractivity contribution in [2.24, 2.45) is 0 Å². The largest absolute Gasteiger partial charge is 0.463 e. The Kier molecular flexibility index (Phi) is 4.34. The van der Waals surface area contributed by atoms with Gasteiger partial charge in [-0.2, -0.15) is 0 Å². The van der Waals surface area contributed by atoms with Crippen LogP contribution in [0.1, 0.15) is 15.9 Å². The van der Waals surface area contributed by atoms with Crippen LogP contribution in [-0.4, -0.2) is 10.9 Å². The van der Waals surface area contributed by atoms with E-state index in [1.807, 2.05) is 36.4 Å². The van der Waals surface area contributed by atoms with Gasteiger partial charge in [-0.15, -0.1) is 0 Å². The number of benzene rings is 1. The molecule has 0 bridgehead atoms. The van der Waals surface area contributed by atoms with Crippen molar-refractivity contribution < 1.29 is 9.21 Å². The summed E-state index contributed by atoms with van der Waals surface area (Å²) in [6, 6.07) is 14.7. The predicted molar refractivity (Wildman–Crippen MR) is 87.3 cm³/mol. The number of halogens is 1. The predicted octanol–water partition coefficient (Wildman–Crippen LogP) is 4.03. The van der Waals surface area contributed by atoms with Gasteiger partial charge in [-0.1, -0.05) is 22.0 Å². The molecule has 1 amide bonds. The molecule has 1 N–H and O–H groups in total. The fourth-order valence-electron chi connectivity index (χ4n) is 1.98. The molecular weight excluding hydrogens is 344 g/mol. The van der Waals surface area contributed by atoms with E-state index in [2.05, 4.69) is 26.2 Å². The van der Waals surface area contributed by atoms with Crippen LogP contribution >= 0.6 is 15.9 Å². The molecule has 110 valence electrons. The lowest BCUT2D eigenvalue weighted by Gasteiger charge is -2.06. The van der Waals surface area contributed by atoms with Gasteiger partial charge in [-0.25, -0.2) is 0 Å². The number of furan rings is 1. The molecule has 0 saturated carbocycles. The zero-order valence-corrected chi connectivity index (χ0v) is 13.2. The molecule has 0 fully saturated rings. The lowest BCUT2D eigenvalue weighted by molar-refractivity contribution is 0.0951. The number of carbonyl (C=O) groups excluding carboxylic acids is 1. The highest BCUT2D eigenvalue weighted by molar-refractivity contribution is 9.10. The normalized spacial score (nSPS) is 10.4.